The number of hydrogen-bond acceptors (Lipinski definition) is 3. The maximum absolute atomic E-state index is 11.0. The molecule has 1 saturated carbocycles. The van der Waals surface area contributed by atoms with Crippen LogP contribution in [0.25, 0.3) is 10.2 Å². The van der Waals surface area contributed by atoms with E-state index in [9.17, 15) is 5.11 Å². The maximum atomic E-state index is 11.0. The van der Waals surface area contributed by atoms with Crippen molar-refractivity contribution in [2.45, 2.75) is 45.1 Å². The molecule has 1 aliphatic rings. The van der Waals surface area contributed by atoms with Crippen molar-refractivity contribution >= 4 is 21.6 Å². The number of thiazole rings is 1. The second-order valence-corrected chi connectivity index (χ2v) is 7.13. The quantitative estimate of drug-likeness (QED) is 0.897. The fraction of sp³-hybridized carbons (Fsp3) is 0.562. The summed E-state index contributed by atoms with van der Waals surface area (Å²) in [7, 11) is 0. The molecule has 1 aliphatic carbocycles. The van der Waals surface area contributed by atoms with Gasteiger partial charge in [-0.2, -0.15) is 0 Å². The number of nitrogens with zero attached hydrogens (tertiary/aromatic N) is 1. The smallest absolute Gasteiger partial charge is 0.0967 e. The third kappa shape index (κ3) is 2.41. The first-order valence-corrected chi connectivity index (χ1v) is 7.97. The zero-order valence-corrected chi connectivity index (χ0v) is 12.4. The molecule has 1 N–H and O–H groups in total. The van der Waals surface area contributed by atoms with E-state index in [-0.39, 0.29) is 0 Å². The van der Waals surface area contributed by atoms with Crippen molar-refractivity contribution in [2.24, 2.45) is 11.8 Å². The minimum absolute atomic E-state index is 0.355. The monoisotopic (exact) mass is 275 g/mol. The van der Waals surface area contributed by atoms with Crippen molar-refractivity contribution in [1.29, 1.82) is 0 Å². The topological polar surface area (TPSA) is 33.1 Å². The van der Waals surface area contributed by atoms with E-state index in [1.165, 1.54) is 11.1 Å². The van der Waals surface area contributed by atoms with Crippen molar-refractivity contribution in [3.05, 3.63) is 29.3 Å². The molecule has 3 rings (SSSR count). The minimum Gasteiger partial charge on any atom is -0.389 e. The molecule has 1 fully saturated rings. The predicted molar refractivity (Wildman–Crippen MR) is 80.5 cm³/mol. The second-order valence-electron chi connectivity index (χ2n) is 6.01. The van der Waals surface area contributed by atoms with Crippen LogP contribution in [0, 0.1) is 11.8 Å². The number of aliphatic hydroxyl groups is 1. The Hall–Kier alpha value is -0.930. The summed E-state index contributed by atoms with van der Waals surface area (Å²) in [5.74, 6) is 0.960. The fourth-order valence-electron chi connectivity index (χ4n) is 3.24. The molecule has 0 saturated heterocycles. The summed E-state index contributed by atoms with van der Waals surface area (Å²) >= 11 is 1.72. The van der Waals surface area contributed by atoms with Crippen LogP contribution in [0.15, 0.2) is 24.3 Å². The summed E-state index contributed by atoms with van der Waals surface area (Å²) in [5, 5.41) is 12.0. The highest BCUT2D eigenvalue weighted by atomic mass is 32.1. The van der Waals surface area contributed by atoms with Gasteiger partial charge in [0.15, 0.2) is 0 Å². The molecule has 1 heterocycles. The van der Waals surface area contributed by atoms with Crippen LogP contribution in [-0.4, -0.2) is 15.7 Å². The van der Waals surface area contributed by atoms with E-state index in [2.05, 4.69) is 24.9 Å². The summed E-state index contributed by atoms with van der Waals surface area (Å²) in [5.41, 5.74) is 0.494. The number of fused-ring (bicyclic) bond motifs is 1. The van der Waals surface area contributed by atoms with Gasteiger partial charge >= 0.3 is 0 Å². The normalized spacial score (nSPS) is 31.7. The SMILES string of the molecule is CC1CCCC(O)(Cc2nc3ccccc3s2)C1C. The van der Waals surface area contributed by atoms with Crippen LogP contribution in [0.5, 0.6) is 0 Å². The van der Waals surface area contributed by atoms with E-state index in [4.69, 9.17) is 0 Å². The molecule has 1 aromatic heterocycles. The van der Waals surface area contributed by atoms with Crippen LogP contribution >= 0.6 is 11.3 Å². The van der Waals surface area contributed by atoms with Gasteiger partial charge in [-0.1, -0.05) is 38.8 Å². The van der Waals surface area contributed by atoms with Gasteiger partial charge < -0.3 is 5.11 Å². The Morgan fingerprint density at radius 1 is 1.37 bits per heavy atom. The standard InChI is InChI=1S/C16H21NOS/c1-11-6-5-9-16(18,12(11)2)10-15-17-13-7-3-4-8-14(13)19-15/h3-4,7-8,11-12,18H,5-6,9-10H2,1-2H3. The lowest BCUT2D eigenvalue weighted by Gasteiger charge is -2.41. The third-order valence-electron chi connectivity index (χ3n) is 4.77. The van der Waals surface area contributed by atoms with Crippen LogP contribution in [0.2, 0.25) is 0 Å². The second kappa shape index (κ2) is 4.88. The van der Waals surface area contributed by atoms with Gasteiger partial charge in [0, 0.05) is 6.42 Å². The van der Waals surface area contributed by atoms with Gasteiger partial charge in [0.1, 0.15) is 0 Å². The van der Waals surface area contributed by atoms with Crippen LogP contribution < -0.4 is 0 Å². The summed E-state index contributed by atoms with van der Waals surface area (Å²) in [6, 6.07) is 8.22. The van der Waals surface area contributed by atoms with Gasteiger partial charge in [0.2, 0.25) is 0 Å². The molecule has 2 aromatic rings. The average molecular weight is 275 g/mol. The molecule has 3 atom stereocenters. The van der Waals surface area contributed by atoms with E-state index in [1.54, 1.807) is 11.3 Å². The van der Waals surface area contributed by atoms with E-state index in [0.717, 1.165) is 23.4 Å². The Morgan fingerprint density at radius 3 is 2.95 bits per heavy atom. The van der Waals surface area contributed by atoms with Crippen molar-refractivity contribution < 1.29 is 5.11 Å². The van der Waals surface area contributed by atoms with Gasteiger partial charge in [0.05, 0.1) is 20.8 Å². The molecule has 0 bridgehead atoms. The van der Waals surface area contributed by atoms with Crippen LogP contribution in [0.3, 0.4) is 0 Å². The van der Waals surface area contributed by atoms with E-state index >= 15 is 0 Å². The Bertz CT molecular complexity index is 546. The van der Waals surface area contributed by atoms with E-state index < -0.39 is 5.60 Å². The first kappa shape index (κ1) is 13.1. The van der Waals surface area contributed by atoms with E-state index in [0.29, 0.717) is 18.3 Å². The molecule has 0 radical (unpaired) electrons. The van der Waals surface area contributed by atoms with Gasteiger partial charge in [0.25, 0.3) is 0 Å². The zero-order chi connectivity index (χ0) is 13.5. The lowest BCUT2D eigenvalue weighted by atomic mass is 9.69. The van der Waals surface area contributed by atoms with Gasteiger partial charge in [-0.05, 0) is 30.4 Å². The van der Waals surface area contributed by atoms with Crippen molar-refractivity contribution in [1.82, 2.24) is 4.98 Å². The van der Waals surface area contributed by atoms with Crippen molar-refractivity contribution in [3.8, 4) is 0 Å². The lowest BCUT2D eigenvalue weighted by Crippen LogP contribution is -2.44. The first-order valence-electron chi connectivity index (χ1n) is 7.15. The molecular formula is C16H21NOS. The molecule has 19 heavy (non-hydrogen) atoms. The Morgan fingerprint density at radius 2 is 2.16 bits per heavy atom. The molecule has 2 nitrogen and oxygen atoms in total. The highest BCUT2D eigenvalue weighted by Gasteiger charge is 2.40. The van der Waals surface area contributed by atoms with Gasteiger partial charge in [-0.15, -0.1) is 11.3 Å². The number of para-hydroxylation sites is 1. The molecule has 1 aromatic carbocycles. The highest BCUT2D eigenvalue weighted by Crippen LogP contribution is 2.40. The largest absolute Gasteiger partial charge is 0.389 e. The maximum Gasteiger partial charge on any atom is 0.0967 e. The molecule has 0 amide bonds. The molecule has 102 valence electrons. The van der Waals surface area contributed by atoms with E-state index in [1.807, 2.05) is 18.2 Å². The Balaban J connectivity index is 1.87. The molecule has 0 aliphatic heterocycles. The number of rotatable bonds is 2. The zero-order valence-electron chi connectivity index (χ0n) is 11.6. The van der Waals surface area contributed by atoms with Crippen molar-refractivity contribution in [2.75, 3.05) is 0 Å². The average Bonchev–Trinajstić information content (AvgIpc) is 2.77. The minimum atomic E-state index is -0.564. The fourth-order valence-corrected chi connectivity index (χ4v) is 4.33. The highest BCUT2D eigenvalue weighted by molar-refractivity contribution is 7.18. The van der Waals surface area contributed by atoms with Gasteiger partial charge in [-0.25, -0.2) is 4.98 Å². The first-order chi connectivity index (χ1) is 9.08. The molecule has 3 heteroatoms. The van der Waals surface area contributed by atoms with Gasteiger partial charge in [-0.3, -0.25) is 0 Å². The Labute approximate surface area is 118 Å². The summed E-state index contributed by atoms with van der Waals surface area (Å²) in [6.45, 7) is 4.45. The van der Waals surface area contributed by atoms with Crippen molar-refractivity contribution in [3.63, 3.8) is 0 Å². The Kier molecular flexibility index (Phi) is 3.35. The van der Waals surface area contributed by atoms with Crippen LogP contribution in [0.4, 0.5) is 0 Å². The summed E-state index contributed by atoms with van der Waals surface area (Å²) in [6.07, 6.45) is 3.99. The summed E-state index contributed by atoms with van der Waals surface area (Å²) < 4.78 is 1.22. The number of hydrogen-bond donors (Lipinski definition) is 1. The van der Waals surface area contributed by atoms with Crippen LogP contribution in [0.1, 0.15) is 38.1 Å². The number of benzene rings is 1. The lowest BCUT2D eigenvalue weighted by molar-refractivity contribution is -0.0620. The molecular weight excluding hydrogens is 254 g/mol. The third-order valence-corrected chi connectivity index (χ3v) is 5.80. The number of aromatic nitrogens is 1. The molecule has 3 unspecified atom stereocenters. The van der Waals surface area contributed by atoms with Crippen LogP contribution in [-0.2, 0) is 6.42 Å². The predicted octanol–water partition coefficient (Wildman–Crippen LogP) is 4.03. The molecule has 0 spiro atoms. The summed E-state index contributed by atoms with van der Waals surface area (Å²) in [4.78, 5) is 4.67.